The van der Waals surface area contributed by atoms with Crippen LogP contribution in [-0.4, -0.2) is 64.8 Å². The Balaban J connectivity index is 1.08. The fourth-order valence-electron chi connectivity index (χ4n) is 6.94. The van der Waals surface area contributed by atoms with Gasteiger partial charge in [0.1, 0.15) is 29.2 Å². The number of nitrogens with one attached hydrogen (secondary N) is 2. The zero-order chi connectivity index (χ0) is 37.0. The molecule has 8 rings (SSSR count). The third kappa shape index (κ3) is 5.37. The van der Waals surface area contributed by atoms with Gasteiger partial charge in [-0.1, -0.05) is 36.4 Å². The number of benzene rings is 4. The lowest BCUT2D eigenvalue weighted by Crippen LogP contribution is -2.44. The number of rotatable bonds is 8. The summed E-state index contributed by atoms with van der Waals surface area (Å²) in [6.07, 6.45) is 3.69. The number of aromatic nitrogens is 4. The van der Waals surface area contributed by atoms with Crippen LogP contribution in [0, 0.1) is 11.5 Å². The maximum atomic E-state index is 14.0. The van der Waals surface area contributed by atoms with Gasteiger partial charge in [-0.25, -0.2) is 9.88 Å². The number of hydrogen-bond acceptors (Lipinski definition) is 11. The Morgan fingerprint density at radius 3 is 2.23 bits per heavy atom. The van der Waals surface area contributed by atoms with Crippen molar-refractivity contribution in [3.63, 3.8) is 0 Å². The third-order valence-corrected chi connectivity index (χ3v) is 9.62. The summed E-state index contributed by atoms with van der Waals surface area (Å²) in [4.78, 5) is 48.2. The normalized spacial score (nSPS) is 13.5. The largest absolute Gasteiger partial charge is 0.471 e. The second-order valence-electron chi connectivity index (χ2n) is 13.2. The minimum Gasteiger partial charge on any atom is -0.471 e. The molecule has 0 radical (unpaired) electrons. The molecule has 4 N–H and O–H groups in total. The van der Waals surface area contributed by atoms with E-state index in [0.29, 0.717) is 56.4 Å². The van der Waals surface area contributed by atoms with Gasteiger partial charge in [-0.05, 0) is 41.5 Å². The van der Waals surface area contributed by atoms with Crippen LogP contribution in [0.15, 0.2) is 85.2 Å². The number of amides is 2. The fourth-order valence-corrected chi connectivity index (χ4v) is 6.94. The van der Waals surface area contributed by atoms with Crippen LogP contribution in [-0.2, 0) is 18.7 Å². The van der Waals surface area contributed by atoms with Crippen LogP contribution in [0.2, 0.25) is 0 Å². The molecule has 2 aromatic heterocycles. The van der Waals surface area contributed by atoms with Gasteiger partial charge in [-0.3, -0.25) is 9.59 Å². The van der Waals surface area contributed by atoms with Crippen molar-refractivity contribution >= 4 is 40.3 Å². The highest BCUT2D eigenvalue weighted by atomic mass is 16.5. The fraction of sp³-hybridized carbons (Fsp3) is 0.179. The number of H-pyrrole nitrogens is 1. The van der Waals surface area contributed by atoms with E-state index in [1.165, 1.54) is 11.2 Å². The van der Waals surface area contributed by atoms with Crippen LogP contribution >= 0.6 is 0 Å². The average molecular weight is 707 g/mol. The standard InChI is InChI=1S/C39H34N10O4/c1-47(2)25-10-13-28-31(16-25)53-32-17-26(48(3)4)11-14-29(32)39(28)30-15-24(9-12-27(30)37(51)49(39)20-40)35(50)42-18-22-5-7-23(8-6-22)19-52-36-33-34(44-21-43-33)45-38(41)46-36/h5-17,21H,18-19H2,1-4H3,(H,42,50)(H3,41,43,44,45,46). The lowest BCUT2D eigenvalue weighted by Gasteiger charge is -2.41. The van der Waals surface area contributed by atoms with Crippen molar-refractivity contribution in [3.05, 3.63) is 124 Å². The summed E-state index contributed by atoms with van der Waals surface area (Å²) in [7, 11) is 7.72. The van der Waals surface area contributed by atoms with Crippen LogP contribution in [0.5, 0.6) is 17.4 Å². The molecule has 6 aromatic rings. The molecule has 4 heterocycles. The van der Waals surface area contributed by atoms with Gasteiger partial charge in [-0.15, -0.1) is 0 Å². The summed E-state index contributed by atoms with van der Waals surface area (Å²) < 4.78 is 12.4. The van der Waals surface area contributed by atoms with Crippen LogP contribution in [0.4, 0.5) is 17.3 Å². The number of nitriles is 1. The molecule has 0 aliphatic carbocycles. The van der Waals surface area contributed by atoms with Crippen molar-refractivity contribution in [1.82, 2.24) is 30.2 Å². The zero-order valence-electron chi connectivity index (χ0n) is 29.3. The molecule has 2 aliphatic heterocycles. The van der Waals surface area contributed by atoms with Gasteiger partial charge in [0.2, 0.25) is 11.8 Å². The molecular formula is C39H34N10O4. The van der Waals surface area contributed by atoms with Crippen LogP contribution in [0.1, 0.15) is 48.5 Å². The molecule has 4 aromatic carbocycles. The van der Waals surface area contributed by atoms with Gasteiger partial charge in [-0.2, -0.15) is 15.2 Å². The Hall–Kier alpha value is -7.14. The molecule has 0 saturated carbocycles. The molecule has 2 amide bonds. The Labute approximate surface area is 304 Å². The van der Waals surface area contributed by atoms with E-state index in [9.17, 15) is 14.9 Å². The van der Waals surface area contributed by atoms with Gasteiger partial charge in [0, 0.05) is 86.1 Å². The van der Waals surface area contributed by atoms with E-state index >= 15 is 0 Å². The number of nitrogens with two attached hydrogens (primary N) is 1. The van der Waals surface area contributed by atoms with Gasteiger partial charge in [0.05, 0.1) is 6.33 Å². The van der Waals surface area contributed by atoms with E-state index in [2.05, 4.69) is 31.4 Å². The highest BCUT2D eigenvalue weighted by Crippen LogP contribution is 2.58. The first-order valence-electron chi connectivity index (χ1n) is 16.7. The number of nitrogen functional groups attached to an aromatic ring is 1. The summed E-state index contributed by atoms with van der Waals surface area (Å²) in [5.41, 5.74) is 11.4. The van der Waals surface area contributed by atoms with Crippen LogP contribution < -0.4 is 30.3 Å². The summed E-state index contributed by atoms with van der Waals surface area (Å²) in [5, 5.41) is 13.6. The number of ether oxygens (including phenoxy) is 2. The maximum Gasteiger partial charge on any atom is 0.268 e. The topological polar surface area (TPSA) is 179 Å². The molecular weight excluding hydrogens is 672 g/mol. The maximum absolute atomic E-state index is 14.0. The van der Waals surface area contributed by atoms with Crippen molar-refractivity contribution < 1.29 is 19.1 Å². The quantitative estimate of drug-likeness (QED) is 0.183. The second-order valence-corrected chi connectivity index (χ2v) is 13.2. The Morgan fingerprint density at radius 2 is 1.58 bits per heavy atom. The molecule has 2 aliphatic rings. The van der Waals surface area contributed by atoms with Crippen LogP contribution in [0.3, 0.4) is 0 Å². The SMILES string of the molecule is CN(C)c1ccc2c(c1)Oc1cc(N(C)C)ccc1C21c2cc(C(=O)NCc3ccc(COc4nc(N)nc5nc[nH]c45)cc3)ccc2C(=O)N1C#N. The summed E-state index contributed by atoms with van der Waals surface area (Å²) in [6, 6.07) is 24.0. The van der Waals surface area contributed by atoms with E-state index in [0.717, 1.165) is 22.5 Å². The number of aromatic amines is 1. The van der Waals surface area contributed by atoms with Gasteiger partial charge in [0.15, 0.2) is 11.8 Å². The molecule has 1 spiro atoms. The third-order valence-electron chi connectivity index (χ3n) is 9.62. The first-order chi connectivity index (χ1) is 25.6. The molecule has 14 nitrogen and oxygen atoms in total. The number of fused-ring (bicyclic) bond motifs is 7. The Morgan fingerprint density at radius 1 is 0.925 bits per heavy atom. The summed E-state index contributed by atoms with van der Waals surface area (Å²) in [6.45, 7) is 0.486. The van der Waals surface area contributed by atoms with Crippen molar-refractivity contribution in [2.75, 3.05) is 43.7 Å². The van der Waals surface area contributed by atoms with Crippen molar-refractivity contribution in [1.29, 1.82) is 5.26 Å². The first kappa shape index (κ1) is 33.0. The molecule has 0 atom stereocenters. The Kier molecular flexibility index (Phi) is 7.83. The Bertz CT molecular complexity index is 2430. The van der Waals surface area contributed by atoms with E-state index in [-0.39, 0.29) is 25.0 Å². The smallest absolute Gasteiger partial charge is 0.268 e. The number of carbonyl (C=O) groups is 2. The molecule has 0 fully saturated rings. The van der Waals surface area contributed by atoms with E-state index in [1.54, 1.807) is 18.2 Å². The molecule has 14 heteroatoms. The number of nitrogens with zero attached hydrogens (tertiary/aromatic N) is 7. The van der Waals surface area contributed by atoms with Gasteiger partial charge >= 0.3 is 0 Å². The second kappa shape index (κ2) is 12.6. The molecule has 53 heavy (non-hydrogen) atoms. The molecule has 0 unspecified atom stereocenters. The van der Waals surface area contributed by atoms with E-state index in [1.807, 2.05) is 98.7 Å². The molecule has 0 bridgehead atoms. The number of imidazole rings is 1. The zero-order valence-corrected chi connectivity index (χ0v) is 29.3. The van der Waals surface area contributed by atoms with E-state index < -0.39 is 11.4 Å². The van der Waals surface area contributed by atoms with E-state index in [4.69, 9.17) is 15.2 Å². The van der Waals surface area contributed by atoms with Gasteiger partial charge < -0.3 is 35.3 Å². The van der Waals surface area contributed by atoms with Crippen molar-refractivity contribution in [2.45, 2.75) is 18.7 Å². The highest BCUT2D eigenvalue weighted by molar-refractivity contribution is 6.05. The predicted molar refractivity (Wildman–Crippen MR) is 198 cm³/mol. The van der Waals surface area contributed by atoms with Gasteiger partial charge in [0.25, 0.3) is 11.8 Å². The average Bonchev–Trinajstić information content (AvgIpc) is 3.73. The summed E-state index contributed by atoms with van der Waals surface area (Å²) >= 11 is 0. The first-order valence-corrected chi connectivity index (χ1v) is 16.7. The van der Waals surface area contributed by atoms with Crippen LogP contribution in [0.25, 0.3) is 11.2 Å². The molecule has 0 saturated heterocycles. The van der Waals surface area contributed by atoms with Crippen molar-refractivity contribution in [3.8, 4) is 23.6 Å². The lowest BCUT2D eigenvalue weighted by molar-refractivity contribution is 0.0783. The highest BCUT2D eigenvalue weighted by Gasteiger charge is 2.57. The summed E-state index contributed by atoms with van der Waals surface area (Å²) in [5.74, 6) is 0.614. The number of anilines is 3. The molecule has 264 valence electrons. The van der Waals surface area contributed by atoms with Crippen molar-refractivity contribution in [2.24, 2.45) is 0 Å². The number of carbonyl (C=O) groups excluding carboxylic acids is 2. The monoisotopic (exact) mass is 706 g/mol. The number of hydrogen-bond donors (Lipinski definition) is 3. The minimum atomic E-state index is -1.37. The minimum absolute atomic E-state index is 0.0674. The lowest BCUT2D eigenvalue weighted by atomic mass is 9.74. The predicted octanol–water partition coefficient (Wildman–Crippen LogP) is 4.91.